The molecule has 3 amide bonds. The van der Waals surface area contributed by atoms with Gasteiger partial charge in [-0.15, -0.1) is 0 Å². The average molecular weight is 502 g/mol. The van der Waals surface area contributed by atoms with Gasteiger partial charge in [-0.3, -0.25) is 19.3 Å². The van der Waals surface area contributed by atoms with Crippen molar-refractivity contribution in [2.45, 2.75) is 6.54 Å². The molecule has 1 fully saturated rings. The lowest BCUT2D eigenvalue weighted by Crippen LogP contribution is -2.27. The monoisotopic (exact) mass is 500 g/mol. The van der Waals surface area contributed by atoms with E-state index in [-0.39, 0.29) is 34.6 Å². The second kappa shape index (κ2) is 9.82. The minimum Gasteiger partial charge on any atom is -0.493 e. The highest BCUT2D eigenvalue weighted by Crippen LogP contribution is 2.39. The number of halogens is 3. The fourth-order valence-electron chi connectivity index (χ4n) is 2.74. The lowest BCUT2D eigenvalue weighted by molar-refractivity contribution is -0.123. The number of hydrogen-bond donors (Lipinski definition) is 1. The number of nitrogens with two attached hydrogens (primary N) is 1. The number of ether oxygens (including phenoxy) is 2. The van der Waals surface area contributed by atoms with Crippen LogP contribution in [0, 0.1) is 0 Å². The Hall–Kier alpha value is -2.39. The van der Waals surface area contributed by atoms with E-state index in [4.69, 9.17) is 50.0 Å². The molecule has 1 heterocycles. The molecule has 0 bridgehead atoms. The molecule has 0 radical (unpaired) electrons. The first-order valence-corrected chi connectivity index (χ1v) is 10.6. The number of nitrogens with zero attached hydrogens (tertiary/aromatic N) is 1. The van der Waals surface area contributed by atoms with Crippen LogP contribution in [0.1, 0.15) is 11.1 Å². The van der Waals surface area contributed by atoms with Crippen molar-refractivity contribution in [2.75, 3.05) is 13.7 Å². The summed E-state index contributed by atoms with van der Waals surface area (Å²) in [6.07, 6.45) is 1.51. The zero-order valence-electron chi connectivity index (χ0n) is 16.0. The zero-order chi connectivity index (χ0) is 22.7. The summed E-state index contributed by atoms with van der Waals surface area (Å²) in [6, 6.07) is 8.01. The number of thioether (sulfide) groups is 1. The Morgan fingerprint density at radius 3 is 2.45 bits per heavy atom. The summed E-state index contributed by atoms with van der Waals surface area (Å²) < 4.78 is 10.5. The summed E-state index contributed by atoms with van der Waals surface area (Å²) in [6.45, 7) is -0.427. The van der Waals surface area contributed by atoms with Crippen LogP contribution in [-0.4, -0.2) is 35.7 Å². The van der Waals surface area contributed by atoms with Crippen LogP contribution in [0.15, 0.2) is 35.2 Å². The van der Waals surface area contributed by atoms with E-state index in [0.29, 0.717) is 21.2 Å². The molecule has 3 rings (SSSR count). The summed E-state index contributed by atoms with van der Waals surface area (Å²) in [4.78, 5) is 37.5. The predicted octanol–water partition coefficient (Wildman–Crippen LogP) is 4.76. The third-order valence-corrected chi connectivity index (χ3v) is 6.06. The van der Waals surface area contributed by atoms with E-state index in [2.05, 4.69) is 0 Å². The molecule has 2 aromatic rings. The normalized spacial score (nSPS) is 15.0. The van der Waals surface area contributed by atoms with Crippen molar-refractivity contribution >= 4 is 69.7 Å². The smallest absolute Gasteiger partial charge is 0.293 e. The van der Waals surface area contributed by atoms with Gasteiger partial charge in [-0.05, 0) is 47.7 Å². The van der Waals surface area contributed by atoms with Crippen molar-refractivity contribution in [1.29, 1.82) is 0 Å². The van der Waals surface area contributed by atoms with Crippen molar-refractivity contribution in [2.24, 2.45) is 5.73 Å². The Morgan fingerprint density at radius 1 is 1.16 bits per heavy atom. The van der Waals surface area contributed by atoms with Gasteiger partial charge in [0.05, 0.1) is 23.6 Å². The lowest BCUT2D eigenvalue weighted by Gasteiger charge is -2.15. The highest BCUT2D eigenvalue weighted by molar-refractivity contribution is 8.18. The van der Waals surface area contributed by atoms with Crippen LogP contribution in [0.4, 0.5) is 4.79 Å². The number of hydrogen-bond acceptors (Lipinski definition) is 6. The van der Waals surface area contributed by atoms with Crippen LogP contribution in [0.25, 0.3) is 6.08 Å². The SMILES string of the molecule is COc1cc(/C=C2\SC(=O)N(Cc3c(Cl)cccc3Cl)C2=O)cc(Cl)c1OCC(N)=O. The number of primary amides is 1. The quantitative estimate of drug-likeness (QED) is 0.549. The average Bonchev–Trinajstić information content (AvgIpc) is 2.96. The fourth-order valence-corrected chi connectivity index (χ4v) is 4.36. The van der Waals surface area contributed by atoms with Gasteiger partial charge >= 0.3 is 0 Å². The highest BCUT2D eigenvalue weighted by Gasteiger charge is 2.35. The van der Waals surface area contributed by atoms with Crippen LogP contribution < -0.4 is 15.2 Å². The van der Waals surface area contributed by atoms with Crippen molar-refractivity contribution in [3.05, 3.63) is 61.4 Å². The molecule has 0 aromatic heterocycles. The molecular weight excluding hydrogens is 487 g/mol. The molecule has 0 spiro atoms. The molecule has 1 saturated heterocycles. The van der Waals surface area contributed by atoms with Crippen molar-refractivity contribution in [1.82, 2.24) is 4.90 Å². The number of benzene rings is 2. The predicted molar refractivity (Wildman–Crippen MR) is 121 cm³/mol. The molecule has 7 nitrogen and oxygen atoms in total. The van der Waals surface area contributed by atoms with E-state index < -0.39 is 17.1 Å². The van der Waals surface area contributed by atoms with Gasteiger partial charge in [-0.1, -0.05) is 40.9 Å². The van der Waals surface area contributed by atoms with Crippen molar-refractivity contribution < 1.29 is 23.9 Å². The molecule has 0 unspecified atom stereocenters. The molecule has 2 N–H and O–H groups in total. The molecule has 31 heavy (non-hydrogen) atoms. The molecule has 0 atom stereocenters. The molecular formula is C20H15Cl3N2O5S. The Labute approximate surface area is 197 Å². The van der Waals surface area contributed by atoms with Gasteiger partial charge in [0.1, 0.15) is 0 Å². The van der Waals surface area contributed by atoms with E-state index in [0.717, 1.165) is 16.7 Å². The minimum absolute atomic E-state index is 0.0511. The van der Waals surface area contributed by atoms with E-state index in [1.165, 1.54) is 19.3 Å². The van der Waals surface area contributed by atoms with Gasteiger partial charge < -0.3 is 15.2 Å². The fraction of sp³-hybridized carbons (Fsp3) is 0.150. The number of carbonyl (C=O) groups is 3. The van der Waals surface area contributed by atoms with Gasteiger partial charge in [-0.2, -0.15) is 0 Å². The zero-order valence-corrected chi connectivity index (χ0v) is 19.1. The maximum atomic E-state index is 12.8. The van der Waals surface area contributed by atoms with Gasteiger partial charge in [-0.25, -0.2) is 0 Å². The standard InChI is InChI=1S/C20H15Cl3N2O5S/c1-29-15-6-10(5-14(23)18(15)30-9-17(24)26)7-16-19(27)25(20(28)31-16)8-11-12(21)3-2-4-13(11)22/h2-7H,8-9H2,1H3,(H2,24,26)/b16-7-. The first-order chi connectivity index (χ1) is 14.7. The first kappa shape index (κ1) is 23.3. The van der Waals surface area contributed by atoms with Crippen molar-refractivity contribution in [3.63, 3.8) is 0 Å². The van der Waals surface area contributed by atoms with Crippen LogP contribution in [0.3, 0.4) is 0 Å². The number of imide groups is 1. The Bertz CT molecular complexity index is 1090. The third-order valence-electron chi connectivity index (χ3n) is 4.16. The lowest BCUT2D eigenvalue weighted by atomic mass is 10.1. The van der Waals surface area contributed by atoms with Gasteiger partial charge in [0.15, 0.2) is 18.1 Å². The Balaban J connectivity index is 1.87. The molecule has 162 valence electrons. The van der Waals surface area contributed by atoms with Crippen molar-refractivity contribution in [3.8, 4) is 11.5 Å². The minimum atomic E-state index is -0.672. The topological polar surface area (TPSA) is 98.9 Å². The molecule has 1 aliphatic heterocycles. The maximum absolute atomic E-state index is 12.8. The summed E-state index contributed by atoms with van der Waals surface area (Å²) in [7, 11) is 1.40. The summed E-state index contributed by atoms with van der Waals surface area (Å²) in [5.41, 5.74) is 6.06. The summed E-state index contributed by atoms with van der Waals surface area (Å²) in [5, 5.41) is 0.415. The molecule has 2 aromatic carbocycles. The third kappa shape index (κ3) is 5.27. The molecule has 1 aliphatic rings. The maximum Gasteiger partial charge on any atom is 0.293 e. The van der Waals surface area contributed by atoms with E-state index in [1.54, 1.807) is 24.3 Å². The summed E-state index contributed by atoms with van der Waals surface area (Å²) in [5.74, 6) is -0.784. The first-order valence-electron chi connectivity index (χ1n) is 8.68. The number of rotatable bonds is 7. The molecule has 11 heteroatoms. The van der Waals surface area contributed by atoms with Crippen LogP contribution in [0.2, 0.25) is 15.1 Å². The largest absolute Gasteiger partial charge is 0.493 e. The summed E-state index contributed by atoms with van der Waals surface area (Å²) >= 11 is 19.3. The van der Waals surface area contributed by atoms with Crippen LogP contribution in [-0.2, 0) is 16.1 Å². The van der Waals surface area contributed by atoms with E-state index in [1.807, 2.05) is 0 Å². The number of methoxy groups -OCH3 is 1. The second-order valence-corrected chi connectivity index (χ2v) is 8.47. The Morgan fingerprint density at radius 2 is 1.84 bits per heavy atom. The van der Waals surface area contributed by atoms with E-state index in [9.17, 15) is 14.4 Å². The molecule has 0 saturated carbocycles. The van der Waals surface area contributed by atoms with E-state index >= 15 is 0 Å². The van der Waals surface area contributed by atoms with Crippen LogP contribution >= 0.6 is 46.6 Å². The Kier molecular flexibility index (Phi) is 7.38. The molecule has 0 aliphatic carbocycles. The van der Waals surface area contributed by atoms with Gasteiger partial charge in [0.25, 0.3) is 17.1 Å². The van der Waals surface area contributed by atoms with Crippen LogP contribution in [0.5, 0.6) is 11.5 Å². The number of amides is 3. The second-order valence-electron chi connectivity index (χ2n) is 6.26. The van der Waals surface area contributed by atoms with Gasteiger partial charge in [0.2, 0.25) is 0 Å². The highest BCUT2D eigenvalue weighted by atomic mass is 35.5. The van der Waals surface area contributed by atoms with Gasteiger partial charge in [0, 0.05) is 15.6 Å². The number of carbonyl (C=O) groups excluding carboxylic acids is 3.